The van der Waals surface area contributed by atoms with Gasteiger partial charge in [0.2, 0.25) is 5.91 Å². The van der Waals surface area contributed by atoms with Crippen molar-refractivity contribution in [3.05, 3.63) is 35.4 Å². The molecule has 0 saturated carbocycles. The molecule has 1 aromatic rings. The number of aryl methyl sites for hydroxylation is 1. The minimum Gasteiger partial charge on any atom is -0.352 e. The summed E-state index contributed by atoms with van der Waals surface area (Å²) in [5.41, 5.74) is 7.99. The van der Waals surface area contributed by atoms with Crippen LogP contribution in [0.15, 0.2) is 24.3 Å². The maximum atomic E-state index is 11.7. The topological polar surface area (TPSA) is 55.1 Å². The molecule has 0 heterocycles. The third-order valence-corrected chi connectivity index (χ3v) is 2.75. The fourth-order valence-electron chi connectivity index (χ4n) is 1.41. The van der Waals surface area contributed by atoms with E-state index in [2.05, 4.69) is 11.4 Å². The lowest BCUT2D eigenvalue weighted by Crippen LogP contribution is -2.38. The first-order chi connectivity index (χ1) is 7.50. The van der Waals surface area contributed by atoms with Gasteiger partial charge in [-0.15, -0.1) is 12.4 Å². The highest BCUT2D eigenvalue weighted by atomic mass is 35.5. The second-order valence-electron chi connectivity index (χ2n) is 4.35. The Morgan fingerprint density at radius 2 is 2.06 bits per heavy atom. The molecular formula is C13H21ClN2O. The van der Waals surface area contributed by atoms with Crippen molar-refractivity contribution < 1.29 is 4.79 Å². The Balaban J connectivity index is 0.00000256. The number of halogens is 1. The zero-order valence-corrected chi connectivity index (χ0v) is 11.4. The van der Waals surface area contributed by atoms with Gasteiger partial charge in [-0.1, -0.05) is 36.8 Å². The van der Waals surface area contributed by atoms with Gasteiger partial charge in [-0.25, -0.2) is 0 Å². The molecule has 0 aliphatic carbocycles. The Morgan fingerprint density at radius 3 is 2.59 bits per heavy atom. The standard InChI is InChI=1S/C13H20N2O.ClH/c1-9-5-4-6-12(7-9)8-15-13(16)10(2)11(3)14;/h4-7,10-11H,8,14H2,1-3H3,(H,15,16);1H. The number of rotatable bonds is 4. The first-order valence-electron chi connectivity index (χ1n) is 5.59. The van der Waals surface area contributed by atoms with Crippen LogP contribution >= 0.6 is 12.4 Å². The highest BCUT2D eigenvalue weighted by molar-refractivity contribution is 5.85. The molecule has 2 unspecified atom stereocenters. The number of nitrogens with one attached hydrogen (secondary N) is 1. The third kappa shape index (κ3) is 5.20. The summed E-state index contributed by atoms with van der Waals surface area (Å²) < 4.78 is 0. The quantitative estimate of drug-likeness (QED) is 0.866. The lowest BCUT2D eigenvalue weighted by Gasteiger charge is -2.15. The molecule has 0 aromatic heterocycles. The third-order valence-electron chi connectivity index (χ3n) is 2.75. The van der Waals surface area contributed by atoms with E-state index in [0.29, 0.717) is 6.54 Å². The fraction of sp³-hybridized carbons (Fsp3) is 0.462. The van der Waals surface area contributed by atoms with Gasteiger partial charge in [0.25, 0.3) is 0 Å². The predicted octanol–water partition coefficient (Wildman–Crippen LogP) is 2.02. The van der Waals surface area contributed by atoms with E-state index in [1.165, 1.54) is 5.56 Å². The Hall–Kier alpha value is -1.06. The van der Waals surface area contributed by atoms with E-state index in [4.69, 9.17) is 5.73 Å². The molecule has 1 rings (SSSR count). The van der Waals surface area contributed by atoms with E-state index < -0.39 is 0 Å². The maximum absolute atomic E-state index is 11.7. The number of nitrogens with two attached hydrogens (primary N) is 1. The minimum atomic E-state index is -0.148. The molecule has 0 saturated heterocycles. The maximum Gasteiger partial charge on any atom is 0.224 e. The van der Waals surface area contributed by atoms with Gasteiger partial charge in [-0.3, -0.25) is 4.79 Å². The summed E-state index contributed by atoms with van der Waals surface area (Å²) >= 11 is 0. The molecule has 1 amide bonds. The first kappa shape index (κ1) is 15.9. The van der Waals surface area contributed by atoms with Crippen molar-refractivity contribution in [3.63, 3.8) is 0 Å². The van der Waals surface area contributed by atoms with Crippen molar-refractivity contribution in [2.75, 3.05) is 0 Å². The van der Waals surface area contributed by atoms with E-state index in [-0.39, 0.29) is 30.3 Å². The number of amides is 1. The van der Waals surface area contributed by atoms with Crippen molar-refractivity contribution in [1.82, 2.24) is 5.32 Å². The van der Waals surface area contributed by atoms with E-state index in [1.807, 2.05) is 39.0 Å². The van der Waals surface area contributed by atoms with Gasteiger partial charge in [-0.05, 0) is 19.4 Å². The zero-order chi connectivity index (χ0) is 12.1. The summed E-state index contributed by atoms with van der Waals surface area (Å²) in [5, 5.41) is 2.89. The Kier molecular flexibility index (Phi) is 6.85. The predicted molar refractivity (Wildman–Crippen MR) is 73.1 cm³/mol. The monoisotopic (exact) mass is 256 g/mol. The molecule has 0 fully saturated rings. The van der Waals surface area contributed by atoms with Crippen molar-refractivity contribution in [2.24, 2.45) is 11.7 Å². The molecule has 2 atom stereocenters. The van der Waals surface area contributed by atoms with Gasteiger partial charge in [-0.2, -0.15) is 0 Å². The second kappa shape index (κ2) is 7.30. The van der Waals surface area contributed by atoms with Crippen LogP contribution in [0.1, 0.15) is 25.0 Å². The average Bonchev–Trinajstić information content (AvgIpc) is 2.24. The Labute approximate surface area is 109 Å². The summed E-state index contributed by atoms with van der Waals surface area (Å²) in [4.78, 5) is 11.7. The molecule has 0 aliphatic rings. The van der Waals surface area contributed by atoms with Crippen molar-refractivity contribution in [1.29, 1.82) is 0 Å². The van der Waals surface area contributed by atoms with Gasteiger partial charge in [0.1, 0.15) is 0 Å². The molecule has 0 spiro atoms. The average molecular weight is 257 g/mol. The lowest BCUT2D eigenvalue weighted by molar-refractivity contribution is -0.125. The largest absolute Gasteiger partial charge is 0.352 e. The van der Waals surface area contributed by atoms with E-state index in [0.717, 1.165) is 5.56 Å². The number of carbonyl (C=O) groups is 1. The number of hydrogen-bond acceptors (Lipinski definition) is 2. The number of carbonyl (C=O) groups excluding carboxylic acids is 1. The van der Waals surface area contributed by atoms with Gasteiger partial charge in [0.15, 0.2) is 0 Å². The molecule has 3 nitrogen and oxygen atoms in total. The van der Waals surface area contributed by atoms with Crippen LogP contribution in [-0.2, 0) is 11.3 Å². The van der Waals surface area contributed by atoms with Crippen LogP contribution in [0.4, 0.5) is 0 Å². The smallest absolute Gasteiger partial charge is 0.224 e. The zero-order valence-electron chi connectivity index (χ0n) is 10.6. The summed E-state index contributed by atoms with van der Waals surface area (Å²) in [5.74, 6) is -0.138. The number of benzene rings is 1. The van der Waals surface area contributed by atoms with Gasteiger partial charge < -0.3 is 11.1 Å². The van der Waals surface area contributed by atoms with Crippen molar-refractivity contribution in [3.8, 4) is 0 Å². The van der Waals surface area contributed by atoms with E-state index in [9.17, 15) is 4.79 Å². The van der Waals surface area contributed by atoms with Crippen LogP contribution in [0.5, 0.6) is 0 Å². The second-order valence-corrected chi connectivity index (χ2v) is 4.35. The molecule has 3 N–H and O–H groups in total. The molecule has 17 heavy (non-hydrogen) atoms. The normalized spacial score (nSPS) is 13.4. The molecule has 1 aromatic carbocycles. The van der Waals surface area contributed by atoms with E-state index in [1.54, 1.807) is 0 Å². The summed E-state index contributed by atoms with van der Waals surface area (Å²) in [6.07, 6.45) is 0. The molecule has 96 valence electrons. The van der Waals surface area contributed by atoms with E-state index >= 15 is 0 Å². The molecule has 4 heteroatoms. The SMILES string of the molecule is Cc1cccc(CNC(=O)C(C)C(C)N)c1.Cl. The van der Waals surface area contributed by atoms with Crippen LogP contribution in [0.3, 0.4) is 0 Å². The summed E-state index contributed by atoms with van der Waals surface area (Å²) in [6, 6.07) is 7.99. The molecule has 0 bridgehead atoms. The minimum absolute atomic E-state index is 0. The Morgan fingerprint density at radius 1 is 1.41 bits per heavy atom. The molecule has 0 aliphatic heterocycles. The van der Waals surface area contributed by atoms with Gasteiger partial charge in [0, 0.05) is 18.5 Å². The van der Waals surface area contributed by atoms with Crippen LogP contribution in [0.25, 0.3) is 0 Å². The number of hydrogen-bond donors (Lipinski definition) is 2. The van der Waals surface area contributed by atoms with Crippen LogP contribution in [0, 0.1) is 12.8 Å². The molecular weight excluding hydrogens is 236 g/mol. The van der Waals surface area contributed by atoms with Crippen LogP contribution in [-0.4, -0.2) is 11.9 Å². The van der Waals surface area contributed by atoms with Crippen molar-refractivity contribution >= 4 is 18.3 Å². The summed E-state index contributed by atoms with van der Waals surface area (Å²) in [7, 11) is 0. The van der Waals surface area contributed by atoms with Gasteiger partial charge in [0.05, 0.1) is 0 Å². The van der Waals surface area contributed by atoms with Crippen LogP contribution in [0.2, 0.25) is 0 Å². The molecule has 0 radical (unpaired) electrons. The highest BCUT2D eigenvalue weighted by Gasteiger charge is 2.16. The Bertz CT molecular complexity index is 366. The lowest BCUT2D eigenvalue weighted by atomic mass is 10.0. The van der Waals surface area contributed by atoms with Crippen LogP contribution < -0.4 is 11.1 Å². The fourth-order valence-corrected chi connectivity index (χ4v) is 1.41. The summed E-state index contributed by atoms with van der Waals surface area (Å²) in [6.45, 7) is 6.29. The van der Waals surface area contributed by atoms with Gasteiger partial charge >= 0.3 is 0 Å². The van der Waals surface area contributed by atoms with Crippen molar-refractivity contribution in [2.45, 2.75) is 33.4 Å². The first-order valence-corrected chi connectivity index (χ1v) is 5.59. The highest BCUT2D eigenvalue weighted by Crippen LogP contribution is 2.05.